The Balaban J connectivity index is 2.11. The molecule has 0 unspecified atom stereocenters. The van der Waals surface area contributed by atoms with Crippen molar-refractivity contribution in [2.75, 3.05) is 5.32 Å². The van der Waals surface area contributed by atoms with Crippen molar-refractivity contribution in [3.05, 3.63) is 65.2 Å². The van der Waals surface area contributed by atoms with Gasteiger partial charge in [0.15, 0.2) is 0 Å². The Hall–Kier alpha value is -2.09. The zero-order valence-electron chi connectivity index (χ0n) is 10.0. The maximum absolute atomic E-state index is 11.9. The quantitative estimate of drug-likeness (QED) is 0.832. The molecule has 0 bridgehead atoms. The number of rotatable bonds is 2. The summed E-state index contributed by atoms with van der Waals surface area (Å²) in [6, 6.07) is 15.3. The lowest BCUT2D eigenvalue weighted by Gasteiger charge is -2.05. The van der Waals surface area contributed by atoms with Gasteiger partial charge in [0.25, 0.3) is 5.91 Å². The molecular formula is C15H15NO. The van der Waals surface area contributed by atoms with Crippen molar-refractivity contribution in [2.45, 2.75) is 13.8 Å². The van der Waals surface area contributed by atoms with Gasteiger partial charge in [-0.25, -0.2) is 0 Å². The summed E-state index contributed by atoms with van der Waals surface area (Å²) in [6.07, 6.45) is 0. The molecule has 17 heavy (non-hydrogen) atoms. The summed E-state index contributed by atoms with van der Waals surface area (Å²) in [6.45, 7) is 4.02. The number of carbonyl (C=O) groups is 1. The molecule has 86 valence electrons. The molecule has 2 aromatic rings. The minimum Gasteiger partial charge on any atom is -0.322 e. The Morgan fingerprint density at radius 2 is 1.29 bits per heavy atom. The molecule has 0 aromatic heterocycles. The fraction of sp³-hybridized carbons (Fsp3) is 0.133. The zero-order valence-corrected chi connectivity index (χ0v) is 10.0. The number of aryl methyl sites for hydroxylation is 2. The van der Waals surface area contributed by atoms with Crippen molar-refractivity contribution in [1.29, 1.82) is 0 Å². The predicted octanol–water partition coefficient (Wildman–Crippen LogP) is 3.56. The van der Waals surface area contributed by atoms with Gasteiger partial charge in [-0.2, -0.15) is 0 Å². The third-order valence-corrected chi connectivity index (χ3v) is 2.62. The van der Waals surface area contributed by atoms with Gasteiger partial charge in [-0.15, -0.1) is 0 Å². The molecule has 2 aromatic carbocycles. The lowest BCUT2D eigenvalue weighted by molar-refractivity contribution is 0.102. The lowest BCUT2D eigenvalue weighted by atomic mass is 10.1. The van der Waals surface area contributed by atoms with E-state index in [1.807, 2.05) is 62.4 Å². The van der Waals surface area contributed by atoms with Crippen LogP contribution in [0.15, 0.2) is 48.5 Å². The molecular weight excluding hydrogens is 210 g/mol. The first-order chi connectivity index (χ1) is 8.15. The van der Waals surface area contributed by atoms with Crippen molar-refractivity contribution < 1.29 is 4.79 Å². The average molecular weight is 225 g/mol. The fourth-order valence-corrected chi connectivity index (χ4v) is 1.55. The molecule has 0 saturated carbocycles. The monoisotopic (exact) mass is 225 g/mol. The van der Waals surface area contributed by atoms with Crippen LogP contribution in [0.2, 0.25) is 0 Å². The lowest BCUT2D eigenvalue weighted by Crippen LogP contribution is -2.11. The second kappa shape index (κ2) is 4.83. The van der Waals surface area contributed by atoms with E-state index in [-0.39, 0.29) is 5.91 Å². The van der Waals surface area contributed by atoms with Crippen LogP contribution in [0.4, 0.5) is 5.69 Å². The van der Waals surface area contributed by atoms with E-state index in [1.54, 1.807) is 0 Å². The van der Waals surface area contributed by atoms with Crippen LogP contribution < -0.4 is 5.32 Å². The van der Waals surface area contributed by atoms with Crippen LogP contribution in [0, 0.1) is 13.8 Å². The number of amides is 1. The first-order valence-corrected chi connectivity index (χ1v) is 5.60. The van der Waals surface area contributed by atoms with Crippen LogP contribution >= 0.6 is 0 Å². The highest BCUT2D eigenvalue weighted by Crippen LogP contribution is 2.11. The molecule has 0 atom stereocenters. The molecule has 2 nitrogen and oxygen atoms in total. The molecule has 0 spiro atoms. The summed E-state index contributed by atoms with van der Waals surface area (Å²) in [7, 11) is 0. The zero-order chi connectivity index (χ0) is 12.3. The summed E-state index contributed by atoms with van der Waals surface area (Å²) in [5.74, 6) is -0.0751. The molecule has 2 heteroatoms. The van der Waals surface area contributed by atoms with Gasteiger partial charge in [-0.05, 0) is 38.1 Å². The van der Waals surface area contributed by atoms with Gasteiger partial charge in [-0.1, -0.05) is 35.4 Å². The Labute approximate surface area is 101 Å². The Morgan fingerprint density at radius 3 is 1.82 bits per heavy atom. The van der Waals surface area contributed by atoms with Gasteiger partial charge in [0.2, 0.25) is 0 Å². The fourth-order valence-electron chi connectivity index (χ4n) is 1.55. The number of carbonyl (C=O) groups excluding carboxylic acids is 1. The molecule has 1 amide bonds. The minimum atomic E-state index is -0.0751. The standard InChI is InChI=1S/C15H15NO/c1-11-3-7-13(8-4-11)15(17)16-14-9-5-12(2)6-10-14/h3-10H,1-2H3,(H,16,17). The second-order valence-electron chi connectivity index (χ2n) is 4.19. The molecule has 0 aliphatic rings. The normalized spacial score (nSPS) is 10.0. The molecule has 2 rings (SSSR count). The van der Waals surface area contributed by atoms with Crippen LogP contribution in [-0.2, 0) is 0 Å². The van der Waals surface area contributed by atoms with E-state index in [1.165, 1.54) is 5.56 Å². The van der Waals surface area contributed by atoms with E-state index in [9.17, 15) is 4.79 Å². The molecule has 0 radical (unpaired) electrons. The topological polar surface area (TPSA) is 29.1 Å². The Kier molecular flexibility index (Phi) is 3.24. The number of hydrogen-bond acceptors (Lipinski definition) is 1. The minimum absolute atomic E-state index is 0.0751. The van der Waals surface area contributed by atoms with E-state index in [0.29, 0.717) is 5.56 Å². The van der Waals surface area contributed by atoms with Crippen LogP contribution in [0.5, 0.6) is 0 Å². The van der Waals surface area contributed by atoms with Crippen LogP contribution in [0.25, 0.3) is 0 Å². The third kappa shape index (κ3) is 2.94. The van der Waals surface area contributed by atoms with E-state index in [4.69, 9.17) is 0 Å². The summed E-state index contributed by atoms with van der Waals surface area (Å²) < 4.78 is 0. The number of benzene rings is 2. The summed E-state index contributed by atoms with van der Waals surface area (Å²) >= 11 is 0. The summed E-state index contributed by atoms with van der Waals surface area (Å²) in [5, 5.41) is 2.87. The number of anilines is 1. The summed E-state index contributed by atoms with van der Waals surface area (Å²) in [4.78, 5) is 11.9. The molecule has 0 saturated heterocycles. The van der Waals surface area contributed by atoms with Gasteiger partial charge < -0.3 is 5.32 Å². The molecule has 0 aliphatic heterocycles. The van der Waals surface area contributed by atoms with Crippen molar-refractivity contribution in [1.82, 2.24) is 0 Å². The van der Waals surface area contributed by atoms with Gasteiger partial charge in [-0.3, -0.25) is 4.79 Å². The van der Waals surface area contributed by atoms with Gasteiger partial charge in [0.1, 0.15) is 0 Å². The van der Waals surface area contributed by atoms with E-state index in [0.717, 1.165) is 11.3 Å². The molecule has 1 N–H and O–H groups in total. The van der Waals surface area contributed by atoms with Crippen molar-refractivity contribution in [3.8, 4) is 0 Å². The number of hydrogen-bond donors (Lipinski definition) is 1. The largest absolute Gasteiger partial charge is 0.322 e. The van der Waals surface area contributed by atoms with Crippen LogP contribution in [-0.4, -0.2) is 5.91 Å². The van der Waals surface area contributed by atoms with Gasteiger partial charge in [0, 0.05) is 11.3 Å². The van der Waals surface area contributed by atoms with Gasteiger partial charge >= 0.3 is 0 Å². The van der Waals surface area contributed by atoms with Crippen molar-refractivity contribution in [3.63, 3.8) is 0 Å². The van der Waals surface area contributed by atoms with Crippen molar-refractivity contribution in [2.24, 2.45) is 0 Å². The highest BCUT2D eigenvalue weighted by atomic mass is 16.1. The second-order valence-corrected chi connectivity index (χ2v) is 4.19. The van der Waals surface area contributed by atoms with Gasteiger partial charge in [0.05, 0.1) is 0 Å². The Bertz CT molecular complexity index is 512. The average Bonchev–Trinajstić information content (AvgIpc) is 2.33. The Morgan fingerprint density at radius 1 is 0.824 bits per heavy atom. The predicted molar refractivity (Wildman–Crippen MR) is 70.3 cm³/mol. The SMILES string of the molecule is Cc1ccc(NC(=O)c2ccc(C)cc2)cc1. The summed E-state index contributed by atoms with van der Waals surface area (Å²) in [5.41, 5.74) is 3.83. The number of nitrogens with one attached hydrogen (secondary N) is 1. The molecule has 0 fully saturated rings. The highest BCUT2D eigenvalue weighted by Gasteiger charge is 2.04. The van der Waals surface area contributed by atoms with Crippen LogP contribution in [0.1, 0.15) is 21.5 Å². The molecule has 0 heterocycles. The maximum atomic E-state index is 11.9. The van der Waals surface area contributed by atoms with E-state index in [2.05, 4.69) is 5.32 Å². The first kappa shape index (κ1) is 11.4. The smallest absolute Gasteiger partial charge is 0.255 e. The first-order valence-electron chi connectivity index (χ1n) is 5.60. The third-order valence-electron chi connectivity index (χ3n) is 2.62. The highest BCUT2D eigenvalue weighted by molar-refractivity contribution is 6.04. The van der Waals surface area contributed by atoms with Crippen LogP contribution in [0.3, 0.4) is 0 Å². The maximum Gasteiger partial charge on any atom is 0.255 e. The van der Waals surface area contributed by atoms with E-state index < -0.39 is 0 Å². The van der Waals surface area contributed by atoms with E-state index >= 15 is 0 Å². The molecule has 0 aliphatic carbocycles. The van der Waals surface area contributed by atoms with Crippen molar-refractivity contribution >= 4 is 11.6 Å².